The molecule has 1 aromatic carbocycles. The number of hydrogen-bond acceptors (Lipinski definition) is 5. The van der Waals surface area contributed by atoms with Gasteiger partial charge in [-0.05, 0) is 50.7 Å². The van der Waals surface area contributed by atoms with Gasteiger partial charge < -0.3 is 25.6 Å². The molecule has 0 aromatic heterocycles. The Hall–Kier alpha value is -2.28. The zero-order valence-corrected chi connectivity index (χ0v) is 15.7. The first-order chi connectivity index (χ1) is 13.1. The number of nitrogens with two attached hydrogens (primary N) is 1. The Labute approximate surface area is 159 Å². The summed E-state index contributed by atoms with van der Waals surface area (Å²) in [4.78, 5) is 28.9. The minimum Gasteiger partial charge on any atom is -0.370 e. The maximum Gasteiger partial charge on any atom is 0.253 e. The Kier molecular flexibility index (Phi) is 5.20. The number of rotatable bonds is 5. The molecule has 7 heteroatoms. The number of nitrogens with one attached hydrogen (secondary N) is 1. The number of hydrogen-bond donors (Lipinski definition) is 2. The van der Waals surface area contributed by atoms with Gasteiger partial charge >= 0.3 is 0 Å². The molecule has 0 unspecified atom stereocenters. The van der Waals surface area contributed by atoms with Crippen molar-refractivity contribution in [1.82, 2.24) is 0 Å². The maximum atomic E-state index is 12.9. The molecule has 0 spiro atoms. The maximum absolute atomic E-state index is 12.9. The lowest BCUT2D eigenvalue weighted by Crippen LogP contribution is -2.33. The second-order valence-electron chi connectivity index (χ2n) is 7.64. The molecule has 1 aromatic rings. The molecule has 7 nitrogen and oxygen atoms in total. The molecule has 0 saturated carbocycles. The highest BCUT2D eigenvalue weighted by Crippen LogP contribution is 2.39. The molecule has 0 aliphatic carbocycles. The topological polar surface area (TPSA) is 87.9 Å². The van der Waals surface area contributed by atoms with Crippen LogP contribution in [0.25, 0.3) is 0 Å². The molecule has 0 radical (unpaired) electrons. The van der Waals surface area contributed by atoms with Crippen LogP contribution in [0.5, 0.6) is 0 Å². The van der Waals surface area contributed by atoms with E-state index in [4.69, 9.17) is 10.5 Å². The summed E-state index contributed by atoms with van der Waals surface area (Å²) in [5, 5.41) is 3.13. The number of ether oxygens (including phenoxy) is 1. The molecule has 0 bridgehead atoms. The standard InChI is InChI=1S/C20H28N4O3/c21-19(25)16-8-9-17(27-16)20(26)22-18-14(23-10-1-2-11-23)6-5-7-15(18)24-12-3-4-13-24/h5-7,16-17H,1-4,8-13H2,(H2,21,25)(H,22,26)/t16-,17+/m0/s1. The van der Waals surface area contributed by atoms with Crippen molar-refractivity contribution in [2.24, 2.45) is 5.73 Å². The van der Waals surface area contributed by atoms with E-state index in [-0.39, 0.29) is 5.91 Å². The van der Waals surface area contributed by atoms with Crippen LogP contribution in [0.2, 0.25) is 0 Å². The predicted molar refractivity (Wildman–Crippen MR) is 105 cm³/mol. The number of carbonyl (C=O) groups is 2. The lowest BCUT2D eigenvalue weighted by Gasteiger charge is -2.28. The van der Waals surface area contributed by atoms with Gasteiger partial charge in [-0.15, -0.1) is 0 Å². The van der Waals surface area contributed by atoms with E-state index in [1.165, 1.54) is 25.7 Å². The summed E-state index contributed by atoms with van der Waals surface area (Å²) >= 11 is 0. The largest absolute Gasteiger partial charge is 0.370 e. The second-order valence-corrected chi connectivity index (χ2v) is 7.64. The molecule has 2 amide bonds. The molecule has 3 aliphatic heterocycles. The van der Waals surface area contributed by atoms with Crippen LogP contribution < -0.4 is 20.9 Å². The fraction of sp³-hybridized carbons (Fsp3) is 0.600. The molecule has 3 fully saturated rings. The lowest BCUT2D eigenvalue weighted by molar-refractivity contribution is -0.134. The average Bonchev–Trinajstić information content (AvgIpc) is 3.43. The van der Waals surface area contributed by atoms with Crippen LogP contribution in [-0.2, 0) is 14.3 Å². The van der Waals surface area contributed by atoms with Crippen molar-refractivity contribution in [3.63, 3.8) is 0 Å². The summed E-state index contributed by atoms with van der Waals surface area (Å²) in [5.74, 6) is -0.689. The molecule has 3 N–H and O–H groups in total. The highest BCUT2D eigenvalue weighted by molar-refractivity contribution is 6.01. The Morgan fingerprint density at radius 1 is 0.926 bits per heavy atom. The summed E-state index contributed by atoms with van der Waals surface area (Å²) in [6, 6.07) is 6.25. The Morgan fingerprint density at radius 3 is 1.93 bits per heavy atom. The van der Waals surface area contributed by atoms with Crippen molar-refractivity contribution in [3.05, 3.63) is 18.2 Å². The van der Waals surface area contributed by atoms with Crippen molar-refractivity contribution in [2.45, 2.75) is 50.7 Å². The molecular weight excluding hydrogens is 344 g/mol. The van der Waals surface area contributed by atoms with Gasteiger partial charge in [0, 0.05) is 26.2 Å². The summed E-state index contributed by atoms with van der Waals surface area (Å²) in [6.45, 7) is 4.04. The van der Waals surface area contributed by atoms with Crippen molar-refractivity contribution in [1.29, 1.82) is 0 Å². The van der Waals surface area contributed by atoms with Crippen LogP contribution in [0.15, 0.2) is 18.2 Å². The number of amides is 2. The SMILES string of the molecule is NC(=O)[C@@H]1CC[C@H](C(=O)Nc2c(N3CCCC3)cccc2N2CCCC2)O1. The number of primary amides is 1. The van der Waals surface area contributed by atoms with E-state index >= 15 is 0 Å². The van der Waals surface area contributed by atoms with Gasteiger partial charge in [-0.2, -0.15) is 0 Å². The summed E-state index contributed by atoms with van der Waals surface area (Å²) < 4.78 is 5.57. The van der Waals surface area contributed by atoms with Gasteiger partial charge in [0.15, 0.2) is 0 Å². The van der Waals surface area contributed by atoms with Gasteiger partial charge in [0.2, 0.25) is 5.91 Å². The van der Waals surface area contributed by atoms with Crippen molar-refractivity contribution < 1.29 is 14.3 Å². The fourth-order valence-corrected chi connectivity index (χ4v) is 4.34. The van der Waals surface area contributed by atoms with E-state index in [2.05, 4.69) is 33.3 Å². The van der Waals surface area contributed by atoms with Crippen molar-refractivity contribution >= 4 is 28.9 Å². The first-order valence-electron chi connectivity index (χ1n) is 10.0. The third-order valence-corrected chi connectivity index (χ3v) is 5.79. The predicted octanol–water partition coefficient (Wildman–Crippen LogP) is 1.86. The van der Waals surface area contributed by atoms with Crippen molar-refractivity contribution in [3.8, 4) is 0 Å². The first kappa shape index (κ1) is 18.1. The second kappa shape index (κ2) is 7.76. The Balaban J connectivity index is 1.59. The smallest absolute Gasteiger partial charge is 0.253 e. The van der Waals surface area contributed by atoms with Crippen LogP contribution in [0.4, 0.5) is 17.1 Å². The van der Waals surface area contributed by atoms with E-state index in [1.54, 1.807) is 0 Å². The number of para-hydroxylation sites is 1. The molecule has 3 aliphatic rings. The highest BCUT2D eigenvalue weighted by Gasteiger charge is 2.34. The van der Waals surface area contributed by atoms with Gasteiger partial charge in [-0.25, -0.2) is 0 Å². The summed E-state index contributed by atoms with van der Waals surface area (Å²) in [6.07, 6.45) is 4.43. The summed E-state index contributed by atoms with van der Waals surface area (Å²) in [5.41, 5.74) is 8.35. The van der Waals surface area contributed by atoms with Gasteiger partial charge in [0.05, 0.1) is 17.1 Å². The minimum absolute atomic E-state index is 0.189. The van der Waals surface area contributed by atoms with E-state index in [9.17, 15) is 9.59 Å². The lowest BCUT2D eigenvalue weighted by atomic mass is 10.1. The number of nitrogens with zero attached hydrogens (tertiary/aromatic N) is 2. The molecule has 27 heavy (non-hydrogen) atoms. The third-order valence-electron chi connectivity index (χ3n) is 5.79. The third kappa shape index (κ3) is 3.74. The quantitative estimate of drug-likeness (QED) is 0.824. The molecule has 3 saturated heterocycles. The van der Waals surface area contributed by atoms with Gasteiger partial charge in [0.25, 0.3) is 5.91 Å². The van der Waals surface area contributed by atoms with E-state index in [0.717, 1.165) is 43.2 Å². The van der Waals surface area contributed by atoms with Crippen LogP contribution in [-0.4, -0.2) is 50.2 Å². The van der Waals surface area contributed by atoms with Crippen molar-refractivity contribution in [2.75, 3.05) is 41.3 Å². The zero-order chi connectivity index (χ0) is 18.8. The van der Waals surface area contributed by atoms with Crippen LogP contribution in [0, 0.1) is 0 Å². The summed E-state index contributed by atoms with van der Waals surface area (Å²) in [7, 11) is 0. The molecule has 4 rings (SSSR count). The van der Waals surface area contributed by atoms with E-state index < -0.39 is 18.1 Å². The van der Waals surface area contributed by atoms with E-state index in [0.29, 0.717) is 12.8 Å². The molecule has 2 atom stereocenters. The zero-order valence-electron chi connectivity index (χ0n) is 15.7. The van der Waals surface area contributed by atoms with E-state index in [1.807, 2.05) is 0 Å². The number of carbonyl (C=O) groups excluding carboxylic acids is 2. The average molecular weight is 372 g/mol. The molecule has 146 valence electrons. The Morgan fingerprint density at radius 2 is 1.44 bits per heavy atom. The number of anilines is 3. The first-order valence-corrected chi connectivity index (χ1v) is 10.0. The fourth-order valence-electron chi connectivity index (χ4n) is 4.34. The van der Waals surface area contributed by atoms with Crippen LogP contribution in [0.1, 0.15) is 38.5 Å². The van der Waals surface area contributed by atoms with Gasteiger partial charge in [-0.1, -0.05) is 6.07 Å². The van der Waals surface area contributed by atoms with Gasteiger partial charge in [-0.3, -0.25) is 9.59 Å². The highest BCUT2D eigenvalue weighted by atomic mass is 16.5. The van der Waals surface area contributed by atoms with Crippen LogP contribution >= 0.6 is 0 Å². The molecular formula is C20H28N4O3. The normalized spacial score (nSPS) is 25.2. The number of benzene rings is 1. The minimum atomic E-state index is -0.660. The Bertz CT molecular complexity index is 677. The molecule has 3 heterocycles. The monoisotopic (exact) mass is 372 g/mol. The van der Waals surface area contributed by atoms with Crippen LogP contribution in [0.3, 0.4) is 0 Å². The van der Waals surface area contributed by atoms with Gasteiger partial charge in [0.1, 0.15) is 12.2 Å².